The van der Waals surface area contributed by atoms with E-state index in [-0.39, 0.29) is 0 Å². The Morgan fingerprint density at radius 1 is 0.197 bits per heavy atom. The maximum absolute atomic E-state index is 2.41. The van der Waals surface area contributed by atoms with Crippen LogP contribution in [0.15, 0.2) is 249 Å². The first-order valence-electron chi connectivity index (χ1n) is 21.0. The van der Waals surface area contributed by atoms with Gasteiger partial charge in [0.1, 0.15) is 0 Å². The highest BCUT2D eigenvalue weighted by molar-refractivity contribution is 6.13. The molecule has 0 bridgehead atoms. The summed E-state index contributed by atoms with van der Waals surface area (Å²) in [5.74, 6) is 0. The van der Waals surface area contributed by atoms with Crippen LogP contribution in [0.25, 0.3) is 88.0 Å². The van der Waals surface area contributed by atoms with Crippen LogP contribution in [0.5, 0.6) is 0 Å². The van der Waals surface area contributed by atoms with Gasteiger partial charge in [-0.15, -0.1) is 0 Å². The maximum atomic E-state index is 2.41. The smallest absolute Gasteiger partial charge is 0.0468 e. The Bertz CT molecular complexity index is 3330. The van der Waals surface area contributed by atoms with Crippen LogP contribution in [0.2, 0.25) is 0 Å². The van der Waals surface area contributed by atoms with Crippen LogP contribution in [0.4, 0.5) is 17.1 Å². The Balaban J connectivity index is 1.07. The van der Waals surface area contributed by atoms with Crippen LogP contribution in [-0.2, 0) is 0 Å². The van der Waals surface area contributed by atoms with E-state index >= 15 is 0 Å². The van der Waals surface area contributed by atoms with E-state index in [2.05, 4.69) is 254 Å². The Labute approximate surface area is 357 Å². The van der Waals surface area contributed by atoms with Gasteiger partial charge in [-0.1, -0.05) is 206 Å². The van der Waals surface area contributed by atoms with Gasteiger partial charge in [0.25, 0.3) is 0 Å². The summed E-state index contributed by atoms with van der Waals surface area (Å²) in [5, 5.41) is 7.54. The predicted molar refractivity (Wildman–Crippen MR) is 261 cm³/mol. The zero-order chi connectivity index (χ0) is 40.5. The lowest BCUT2D eigenvalue weighted by Crippen LogP contribution is -2.10. The van der Waals surface area contributed by atoms with E-state index in [1.165, 1.54) is 88.0 Å². The largest absolute Gasteiger partial charge is 0.310 e. The molecule has 0 saturated heterocycles. The summed E-state index contributed by atoms with van der Waals surface area (Å²) in [5.41, 5.74) is 15.2. The third kappa shape index (κ3) is 6.83. The molecule has 0 aliphatic heterocycles. The maximum Gasteiger partial charge on any atom is 0.0468 e. The molecule has 286 valence electrons. The second-order valence-corrected chi connectivity index (χ2v) is 15.7. The van der Waals surface area contributed by atoms with Gasteiger partial charge >= 0.3 is 0 Å². The van der Waals surface area contributed by atoms with Crippen molar-refractivity contribution in [1.82, 2.24) is 0 Å². The van der Waals surface area contributed by atoms with Crippen molar-refractivity contribution >= 4 is 49.4 Å². The Kier molecular flexibility index (Phi) is 9.26. The average molecular weight is 776 g/mol. The molecule has 11 aromatic carbocycles. The molecule has 0 aromatic heterocycles. The summed E-state index contributed by atoms with van der Waals surface area (Å²) in [6.07, 6.45) is 0. The minimum Gasteiger partial charge on any atom is -0.310 e. The van der Waals surface area contributed by atoms with Crippen molar-refractivity contribution in [3.8, 4) is 55.6 Å². The quantitative estimate of drug-likeness (QED) is 0.139. The van der Waals surface area contributed by atoms with E-state index in [9.17, 15) is 0 Å². The van der Waals surface area contributed by atoms with Crippen LogP contribution < -0.4 is 4.90 Å². The van der Waals surface area contributed by atoms with Crippen molar-refractivity contribution in [2.45, 2.75) is 0 Å². The van der Waals surface area contributed by atoms with E-state index in [0.29, 0.717) is 0 Å². The van der Waals surface area contributed by atoms with Gasteiger partial charge in [0, 0.05) is 17.1 Å². The number of anilines is 3. The number of rotatable bonds is 8. The van der Waals surface area contributed by atoms with E-state index in [1.807, 2.05) is 0 Å². The van der Waals surface area contributed by atoms with Crippen molar-refractivity contribution < 1.29 is 0 Å². The van der Waals surface area contributed by atoms with Gasteiger partial charge in [-0.25, -0.2) is 0 Å². The SMILES string of the molecule is c1ccc(-c2ccc(-c3ccc(N(c4ccc(-c5cc6ccccc6c6ccccc56)cc4)c4cccc(-c5cccc6ccccc56)c4)cc3-c3ccccc3)cc2)cc1. The van der Waals surface area contributed by atoms with E-state index in [0.717, 1.165) is 17.1 Å². The fourth-order valence-electron chi connectivity index (χ4n) is 9.07. The molecule has 0 aliphatic rings. The third-order valence-electron chi connectivity index (χ3n) is 12.1. The van der Waals surface area contributed by atoms with Crippen molar-refractivity contribution in [3.05, 3.63) is 249 Å². The molecule has 0 unspecified atom stereocenters. The van der Waals surface area contributed by atoms with Crippen LogP contribution >= 0.6 is 0 Å². The highest BCUT2D eigenvalue weighted by Gasteiger charge is 2.19. The number of fused-ring (bicyclic) bond motifs is 4. The molecule has 0 radical (unpaired) electrons. The average Bonchev–Trinajstić information content (AvgIpc) is 3.34. The van der Waals surface area contributed by atoms with Crippen LogP contribution in [0.1, 0.15) is 0 Å². The highest BCUT2D eigenvalue weighted by atomic mass is 15.1. The van der Waals surface area contributed by atoms with E-state index < -0.39 is 0 Å². The van der Waals surface area contributed by atoms with E-state index in [1.54, 1.807) is 0 Å². The Hall–Kier alpha value is -8.00. The molecule has 1 heteroatoms. The summed E-state index contributed by atoms with van der Waals surface area (Å²) in [6.45, 7) is 0. The van der Waals surface area contributed by atoms with Gasteiger partial charge in [-0.05, 0) is 130 Å². The molecule has 0 atom stereocenters. The molecule has 11 rings (SSSR count). The molecule has 0 saturated carbocycles. The van der Waals surface area contributed by atoms with Crippen molar-refractivity contribution in [1.29, 1.82) is 0 Å². The van der Waals surface area contributed by atoms with Gasteiger partial charge in [0.15, 0.2) is 0 Å². The molecule has 0 fully saturated rings. The minimum absolute atomic E-state index is 1.09. The summed E-state index contributed by atoms with van der Waals surface area (Å²) in [6, 6.07) is 90.5. The van der Waals surface area contributed by atoms with Crippen molar-refractivity contribution in [2.75, 3.05) is 4.90 Å². The van der Waals surface area contributed by atoms with Gasteiger partial charge in [0.2, 0.25) is 0 Å². The summed E-state index contributed by atoms with van der Waals surface area (Å²) >= 11 is 0. The fourth-order valence-corrected chi connectivity index (χ4v) is 9.07. The first-order valence-corrected chi connectivity index (χ1v) is 21.0. The number of hydrogen-bond acceptors (Lipinski definition) is 1. The first kappa shape index (κ1) is 36.1. The minimum atomic E-state index is 1.09. The third-order valence-corrected chi connectivity index (χ3v) is 12.1. The zero-order valence-electron chi connectivity index (χ0n) is 33.6. The molecule has 1 nitrogen and oxygen atoms in total. The van der Waals surface area contributed by atoms with Crippen molar-refractivity contribution in [2.24, 2.45) is 0 Å². The lowest BCUT2D eigenvalue weighted by Gasteiger charge is -2.27. The van der Waals surface area contributed by atoms with Gasteiger partial charge < -0.3 is 4.90 Å². The Morgan fingerprint density at radius 3 is 1.46 bits per heavy atom. The number of nitrogens with zero attached hydrogens (tertiary/aromatic N) is 1. The lowest BCUT2D eigenvalue weighted by atomic mass is 9.92. The molecule has 11 aromatic rings. The van der Waals surface area contributed by atoms with Gasteiger partial charge in [-0.3, -0.25) is 0 Å². The number of benzene rings is 11. The highest BCUT2D eigenvalue weighted by Crippen LogP contribution is 2.43. The van der Waals surface area contributed by atoms with E-state index in [4.69, 9.17) is 0 Å². The molecular weight excluding hydrogens is 735 g/mol. The zero-order valence-corrected chi connectivity index (χ0v) is 33.6. The molecule has 0 aliphatic carbocycles. The standard InChI is InChI=1S/C60H41N/c1-3-15-42(16-4-1)43-29-31-46(32-30-43)56-38-37-52(41-60(56)45-17-5-2-6-18-45)61(51-23-13-22-48(39-51)54-28-14-21-44-19-7-9-24-53(44)54)50-35-33-47(34-36-50)59-40-49-20-8-10-25-55(49)57-26-11-12-27-58(57)59/h1-41H. The van der Waals surface area contributed by atoms with Gasteiger partial charge in [-0.2, -0.15) is 0 Å². The van der Waals surface area contributed by atoms with Crippen LogP contribution in [-0.4, -0.2) is 0 Å². The molecular formula is C60H41N. The fraction of sp³-hybridized carbons (Fsp3) is 0. The van der Waals surface area contributed by atoms with Crippen LogP contribution in [0.3, 0.4) is 0 Å². The summed E-state index contributed by atoms with van der Waals surface area (Å²) in [7, 11) is 0. The van der Waals surface area contributed by atoms with Crippen LogP contribution in [0, 0.1) is 0 Å². The number of hydrogen-bond donors (Lipinski definition) is 0. The lowest BCUT2D eigenvalue weighted by molar-refractivity contribution is 1.28. The molecule has 0 spiro atoms. The normalized spacial score (nSPS) is 11.3. The van der Waals surface area contributed by atoms with Crippen molar-refractivity contribution in [3.63, 3.8) is 0 Å². The summed E-state index contributed by atoms with van der Waals surface area (Å²) in [4.78, 5) is 2.41. The topological polar surface area (TPSA) is 3.24 Å². The first-order chi connectivity index (χ1) is 30.2. The van der Waals surface area contributed by atoms with Gasteiger partial charge in [0.05, 0.1) is 0 Å². The molecule has 0 heterocycles. The predicted octanol–water partition coefficient (Wildman–Crippen LogP) is 17.0. The second kappa shape index (κ2) is 15.6. The second-order valence-electron chi connectivity index (χ2n) is 15.7. The Morgan fingerprint density at radius 2 is 0.689 bits per heavy atom. The molecule has 0 amide bonds. The molecule has 0 N–H and O–H groups in total. The summed E-state index contributed by atoms with van der Waals surface area (Å²) < 4.78 is 0. The monoisotopic (exact) mass is 775 g/mol. The molecule has 61 heavy (non-hydrogen) atoms.